The fourth-order valence-corrected chi connectivity index (χ4v) is 2.00. The highest BCUT2D eigenvalue weighted by Crippen LogP contribution is 2.20. The van der Waals surface area contributed by atoms with Crippen molar-refractivity contribution in [3.8, 4) is 6.07 Å². The van der Waals surface area contributed by atoms with Crippen molar-refractivity contribution >= 4 is 11.6 Å². The van der Waals surface area contributed by atoms with Gasteiger partial charge in [0.05, 0.1) is 12.5 Å². The van der Waals surface area contributed by atoms with E-state index in [1.165, 1.54) is 12.8 Å². The lowest BCUT2D eigenvalue weighted by atomic mass is 10.4. The van der Waals surface area contributed by atoms with E-state index in [9.17, 15) is 0 Å². The van der Waals surface area contributed by atoms with E-state index in [0.717, 1.165) is 30.5 Å². The molecule has 0 unspecified atom stereocenters. The normalized spacial score (nSPS) is 14.7. The van der Waals surface area contributed by atoms with Crippen LogP contribution in [0, 0.1) is 18.3 Å². The molecule has 0 spiro atoms. The highest BCUT2D eigenvalue weighted by atomic mass is 15.2. The van der Waals surface area contributed by atoms with E-state index in [1.54, 1.807) is 0 Å². The molecule has 0 amide bonds. The van der Waals surface area contributed by atoms with Crippen LogP contribution in [0.5, 0.6) is 0 Å². The molecular formula is C12H17N5. The predicted octanol–water partition coefficient (Wildman–Crippen LogP) is 1.71. The van der Waals surface area contributed by atoms with Crippen LogP contribution in [0.4, 0.5) is 11.6 Å². The van der Waals surface area contributed by atoms with Crippen LogP contribution in [0.2, 0.25) is 0 Å². The molecule has 1 aliphatic rings. The standard InChI is InChI=1S/C12H17N5/c1-10-15-11(14-6-4-5-13)9-12(16-10)17-7-2-3-8-17/h9H,2-4,6-8H2,1H3,(H,14,15,16). The summed E-state index contributed by atoms with van der Waals surface area (Å²) in [5.41, 5.74) is 0. The lowest BCUT2D eigenvalue weighted by Gasteiger charge is -2.17. The van der Waals surface area contributed by atoms with Crippen LogP contribution in [-0.4, -0.2) is 29.6 Å². The van der Waals surface area contributed by atoms with Gasteiger partial charge in [-0.25, -0.2) is 9.97 Å². The van der Waals surface area contributed by atoms with Crippen LogP contribution in [0.15, 0.2) is 6.07 Å². The lowest BCUT2D eigenvalue weighted by Crippen LogP contribution is -2.20. The van der Waals surface area contributed by atoms with Crippen LogP contribution >= 0.6 is 0 Å². The maximum atomic E-state index is 8.50. The smallest absolute Gasteiger partial charge is 0.134 e. The van der Waals surface area contributed by atoms with Gasteiger partial charge in [-0.3, -0.25) is 0 Å². The van der Waals surface area contributed by atoms with Gasteiger partial charge in [-0.2, -0.15) is 5.26 Å². The first-order valence-electron chi connectivity index (χ1n) is 6.01. The number of hydrogen-bond donors (Lipinski definition) is 1. The highest BCUT2D eigenvalue weighted by molar-refractivity contribution is 5.49. The molecule has 5 nitrogen and oxygen atoms in total. The summed E-state index contributed by atoms with van der Waals surface area (Å²) in [7, 11) is 0. The molecule has 90 valence electrons. The molecule has 0 radical (unpaired) electrons. The highest BCUT2D eigenvalue weighted by Gasteiger charge is 2.14. The van der Waals surface area contributed by atoms with Crippen LogP contribution < -0.4 is 10.2 Å². The summed E-state index contributed by atoms with van der Waals surface area (Å²) in [6.45, 7) is 4.68. The number of nitriles is 1. The van der Waals surface area contributed by atoms with Gasteiger partial charge in [0.1, 0.15) is 17.5 Å². The quantitative estimate of drug-likeness (QED) is 0.799. The third-order valence-corrected chi connectivity index (χ3v) is 2.80. The van der Waals surface area contributed by atoms with E-state index in [0.29, 0.717) is 13.0 Å². The van der Waals surface area contributed by atoms with Crippen molar-refractivity contribution in [3.63, 3.8) is 0 Å². The monoisotopic (exact) mass is 231 g/mol. The van der Waals surface area contributed by atoms with Crippen molar-refractivity contribution in [1.82, 2.24) is 9.97 Å². The largest absolute Gasteiger partial charge is 0.369 e. The van der Waals surface area contributed by atoms with Gasteiger partial charge >= 0.3 is 0 Å². The zero-order valence-corrected chi connectivity index (χ0v) is 10.1. The summed E-state index contributed by atoms with van der Waals surface area (Å²) >= 11 is 0. The Morgan fingerprint density at radius 2 is 2.18 bits per heavy atom. The van der Waals surface area contributed by atoms with E-state index in [2.05, 4.69) is 26.3 Å². The number of aromatic nitrogens is 2. The molecule has 1 aromatic heterocycles. The van der Waals surface area contributed by atoms with Gasteiger partial charge in [0.2, 0.25) is 0 Å². The Labute approximate surface area is 101 Å². The van der Waals surface area contributed by atoms with Crippen LogP contribution in [0.1, 0.15) is 25.1 Å². The fourth-order valence-electron chi connectivity index (χ4n) is 2.00. The molecule has 0 bridgehead atoms. The zero-order chi connectivity index (χ0) is 12.1. The topological polar surface area (TPSA) is 64.8 Å². The molecule has 1 N–H and O–H groups in total. The Morgan fingerprint density at radius 1 is 1.41 bits per heavy atom. The summed E-state index contributed by atoms with van der Waals surface area (Å²) in [6, 6.07) is 4.07. The van der Waals surface area contributed by atoms with E-state index < -0.39 is 0 Å². The van der Waals surface area contributed by atoms with E-state index in [-0.39, 0.29) is 0 Å². The zero-order valence-electron chi connectivity index (χ0n) is 10.1. The molecule has 0 saturated carbocycles. The molecule has 1 saturated heterocycles. The minimum Gasteiger partial charge on any atom is -0.369 e. The van der Waals surface area contributed by atoms with Crippen molar-refractivity contribution in [3.05, 3.63) is 11.9 Å². The van der Waals surface area contributed by atoms with E-state index in [4.69, 9.17) is 5.26 Å². The first kappa shape index (κ1) is 11.6. The van der Waals surface area contributed by atoms with Crippen molar-refractivity contribution in [2.75, 3.05) is 29.9 Å². The average Bonchev–Trinajstić information content (AvgIpc) is 2.82. The Morgan fingerprint density at radius 3 is 2.88 bits per heavy atom. The van der Waals surface area contributed by atoms with Gasteiger partial charge < -0.3 is 10.2 Å². The molecule has 2 rings (SSSR count). The Balaban J connectivity index is 2.08. The van der Waals surface area contributed by atoms with E-state index in [1.807, 2.05) is 13.0 Å². The van der Waals surface area contributed by atoms with Crippen LogP contribution in [-0.2, 0) is 0 Å². The third kappa shape index (κ3) is 3.06. The number of nitrogens with one attached hydrogen (secondary N) is 1. The minimum absolute atomic E-state index is 0.488. The van der Waals surface area contributed by atoms with Crippen molar-refractivity contribution in [2.45, 2.75) is 26.2 Å². The van der Waals surface area contributed by atoms with Crippen molar-refractivity contribution in [1.29, 1.82) is 5.26 Å². The summed E-state index contributed by atoms with van der Waals surface area (Å²) in [5, 5.41) is 11.6. The summed E-state index contributed by atoms with van der Waals surface area (Å²) < 4.78 is 0. The number of anilines is 2. The number of aryl methyl sites for hydroxylation is 1. The van der Waals surface area contributed by atoms with Crippen molar-refractivity contribution in [2.24, 2.45) is 0 Å². The molecule has 2 heterocycles. The van der Waals surface area contributed by atoms with Crippen molar-refractivity contribution < 1.29 is 0 Å². The molecule has 0 aromatic carbocycles. The number of rotatable bonds is 4. The fraction of sp³-hybridized carbons (Fsp3) is 0.583. The van der Waals surface area contributed by atoms with Crippen LogP contribution in [0.25, 0.3) is 0 Å². The Bertz CT molecular complexity index is 417. The lowest BCUT2D eigenvalue weighted by molar-refractivity contribution is 0.907. The van der Waals surface area contributed by atoms with Gasteiger partial charge in [-0.15, -0.1) is 0 Å². The second kappa shape index (κ2) is 5.48. The van der Waals surface area contributed by atoms with Gasteiger partial charge in [0.15, 0.2) is 0 Å². The van der Waals surface area contributed by atoms with E-state index >= 15 is 0 Å². The number of hydrogen-bond acceptors (Lipinski definition) is 5. The third-order valence-electron chi connectivity index (χ3n) is 2.80. The first-order valence-corrected chi connectivity index (χ1v) is 6.01. The van der Waals surface area contributed by atoms with Gasteiger partial charge in [-0.05, 0) is 19.8 Å². The molecule has 1 fully saturated rings. The summed E-state index contributed by atoms with van der Waals surface area (Å²) in [6.07, 6.45) is 2.96. The predicted molar refractivity (Wildman–Crippen MR) is 66.9 cm³/mol. The molecule has 0 aliphatic carbocycles. The molecule has 1 aliphatic heterocycles. The average molecular weight is 231 g/mol. The molecule has 17 heavy (non-hydrogen) atoms. The Kier molecular flexibility index (Phi) is 3.76. The summed E-state index contributed by atoms with van der Waals surface area (Å²) in [5.74, 6) is 2.58. The summed E-state index contributed by atoms with van der Waals surface area (Å²) in [4.78, 5) is 11.1. The maximum absolute atomic E-state index is 8.50. The minimum atomic E-state index is 0.488. The van der Waals surface area contributed by atoms with Crippen LogP contribution in [0.3, 0.4) is 0 Å². The van der Waals surface area contributed by atoms with Gasteiger partial charge in [0.25, 0.3) is 0 Å². The molecule has 5 heteroatoms. The molecule has 1 aromatic rings. The first-order chi connectivity index (χ1) is 8.29. The second-order valence-electron chi connectivity index (χ2n) is 4.19. The molecular weight excluding hydrogens is 214 g/mol. The maximum Gasteiger partial charge on any atom is 0.134 e. The van der Waals surface area contributed by atoms with Gasteiger partial charge in [-0.1, -0.05) is 0 Å². The second-order valence-corrected chi connectivity index (χ2v) is 4.19. The number of nitrogens with zero attached hydrogens (tertiary/aromatic N) is 4. The Hall–Kier alpha value is -1.83. The SMILES string of the molecule is Cc1nc(NCCC#N)cc(N2CCCC2)n1. The van der Waals surface area contributed by atoms with Gasteiger partial charge in [0, 0.05) is 25.7 Å². The molecule has 0 atom stereocenters.